The average Bonchev–Trinajstić information content (AvgIpc) is 2.59. The highest BCUT2D eigenvalue weighted by atomic mass is 19.4. The van der Waals surface area contributed by atoms with Crippen LogP contribution in [0.25, 0.3) is 22.2 Å². The molecule has 8 heteroatoms. The molecule has 5 nitrogen and oxygen atoms in total. The van der Waals surface area contributed by atoms with Crippen LogP contribution in [0.5, 0.6) is 0 Å². The number of rotatable bonds is 3. The van der Waals surface area contributed by atoms with Crippen LogP contribution in [0.15, 0.2) is 35.3 Å². The molecule has 2 heterocycles. The second-order valence-electron chi connectivity index (χ2n) is 6.90. The number of pyridine rings is 2. The number of alkyl halides is 3. The summed E-state index contributed by atoms with van der Waals surface area (Å²) in [4.78, 5) is 30.8. The Bertz CT molecular complexity index is 1150. The van der Waals surface area contributed by atoms with Gasteiger partial charge in [0.05, 0.1) is 16.5 Å². The Morgan fingerprint density at radius 1 is 1.21 bits per heavy atom. The van der Waals surface area contributed by atoms with Gasteiger partial charge in [-0.1, -0.05) is 19.9 Å². The first-order chi connectivity index (χ1) is 13.0. The Morgan fingerprint density at radius 3 is 2.46 bits per heavy atom. The lowest BCUT2D eigenvalue weighted by Gasteiger charge is -2.19. The molecule has 2 aromatic heterocycles. The van der Waals surface area contributed by atoms with Gasteiger partial charge in [-0.3, -0.25) is 14.6 Å². The molecule has 3 aromatic rings. The molecule has 3 N–H and O–H groups in total. The van der Waals surface area contributed by atoms with Crippen LogP contribution < -0.4 is 11.2 Å². The van der Waals surface area contributed by atoms with Crippen molar-refractivity contribution in [2.75, 3.05) is 0 Å². The molecule has 0 bridgehead atoms. The first-order valence-corrected chi connectivity index (χ1v) is 8.54. The number of carbonyl (C=O) groups is 1. The third-order valence-corrected chi connectivity index (χ3v) is 4.59. The fraction of sp³-hybridized carbons (Fsp3) is 0.250. The zero-order valence-electron chi connectivity index (χ0n) is 15.4. The maximum Gasteiger partial charge on any atom is 0.416 e. The van der Waals surface area contributed by atoms with Crippen molar-refractivity contribution in [2.24, 2.45) is 5.73 Å². The molecule has 0 aliphatic heterocycles. The zero-order chi connectivity index (χ0) is 20.8. The molecule has 0 spiro atoms. The number of aryl methyl sites for hydroxylation is 1. The maximum atomic E-state index is 13.6. The van der Waals surface area contributed by atoms with Gasteiger partial charge in [0, 0.05) is 23.5 Å². The molecule has 3 rings (SSSR count). The number of nitrogens with one attached hydrogen (secondary N) is 1. The number of halogens is 3. The van der Waals surface area contributed by atoms with Crippen LogP contribution >= 0.6 is 0 Å². The van der Waals surface area contributed by atoms with Crippen molar-refractivity contribution in [3.05, 3.63) is 63.1 Å². The molecule has 0 radical (unpaired) electrons. The van der Waals surface area contributed by atoms with Crippen LogP contribution in [0.3, 0.4) is 0 Å². The Balaban J connectivity index is 2.31. The second-order valence-corrected chi connectivity index (χ2v) is 6.90. The van der Waals surface area contributed by atoms with Crippen molar-refractivity contribution in [3.63, 3.8) is 0 Å². The van der Waals surface area contributed by atoms with E-state index in [1.165, 1.54) is 18.3 Å². The van der Waals surface area contributed by atoms with E-state index >= 15 is 0 Å². The molecular weight excluding hydrogens is 371 g/mol. The fourth-order valence-corrected chi connectivity index (χ4v) is 3.28. The van der Waals surface area contributed by atoms with Gasteiger partial charge in [-0.25, -0.2) is 0 Å². The van der Waals surface area contributed by atoms with E-state index < -0.39 is 23.1 Å². The minimum atomic E-state index is -4.53. The molecule has 28 heavy (non-hydrogen) atoms. The van der Waals surface area contributed by atoms with E-state index in [0.29, 0.717) is 5.56 Å². The van der Waals surface area contributed by atoms with E-state index in [-0.39, 0.29) is 39.3 Å². The second kappa shape index (κ2) is 6.78. The smallest absolute Gasteiger partial charge is 0.364 e. The largest absolute Gasteiger partial charge is 0.416 e. The number of hydrogen-bond donors (Lipinski definition) is 2. The zero-order valence-corrected chi connectivity index (χ0v) is 15.4. The lowest BCUT2D eigenvalue weighted by Crippen LogP contribution is -2.18. The molecule has 1 amide bonds. The summed E-state index contributed by atoms with van der Waals surface area (Å²) < 4.78 is 40.7. The first-order valence-electron chi connectivity index (χ1n) is 8.54. The van der Waals surface area contributed by atoms with Crippen molar-refractivity contribution in [1.29, 1.82) is 0 Å². The SMILES string of the molecule is Cc1cc(C(C)C)c(C(F)(F)F)cc1-c1cc(=O)c2c(C(N)=O)nccc2[nH]1. The van der Waals surface area contributed by atoms with Crippen molar-refractivity contribution in [2.45, 2.75) is 32.9 Å². The number of amides is 1. The maximum absolute atomic E-state index is 13.6. The topological polar surface area (TPSA) is 88.8 Å². The molecule has 0 aliphatic rings. The van der Waals surface area contributed by atoms with Crippen LogP contribution in [-0.4, -0.2) is 15.9 Å². The Kier molecular flexibility index (Phi) is 4.74. The number of fused-ring (bicyclic) bond motifs is 1. The van der Waals surface area contributed by atoms with E-state index in [1.54, 1.807) is 20.8 Å². The molecule has 0 aliphatic carbocycles. The van der Waals surface area contributed by atoms with Gasteiger partial charge in [-0.2, -0.15) is 13.2 Å². The van der Waals surface area contributed by atoms with Crippen LogP contribution in [0, 0.1) is 6.92 Å². The van der Waals surface area contributed by atoms with E-state index in [2.05, 4.69) is 9.97 Å². The van der Waals surface area contributed by atoms with Gasteiger partial charge in [0.25, 0.3) is 5.91 Å². The van der Waals surface area contributed by atoms with Crippen molar-refractivity contribution < 1.29 is 18.0 Å². The number of benzene rings is 1. The monoisotopic (exact) mass is 389 g/mol. The Hall–Kier alpha value is -3.16. The molecule has 0 unspecified atom stereocenters. The Labute approximate surface area is 158 Å². The van der Waals surface area contributed by atoms with Gasteiger partial charge < -0.3 is 10.7 Å². The lowest BCUT2D eigenvalue weighted by molar-refractivity contribution is -0.138. The van der Waals surface area contributed by atoms with Crippen LogP contribution in [0.4, 0.5) is 13.2 Å². The van der Waals surface area contributed by atoms with Gasteiger partial charge in [0.1, 0.15) is 5.69 Å². The number of aromatic amines is 1. The number of nitrogens with two attached hydrogens (primary N) is 1. The average molecular weight is 389 g/mol. The molecular formula is C20H18F3N3O2. The molecule has 0 saturated heterocycles. The normalized spacial score (nSPS) is 12.0. The summed E-state index contributed by atoms with van der Waals surface area (Å²) in [6.45, 7) is 5.07. The minimum Gasteiger partial charge on any atom is -0.364 e. The molecule has 1 aromatic carbocycles. The lowest BCUT2D eigenvalue weighted by atomic mass is 9.90. The highest BCUT2D eigenvalue weighted by Crippen LogP contribution is 2.39. The van der Waals surface area contributed by atoms with Gasteiger partial charge >= 0.3 is 6.18 Å². The van der Waals surface area contributed by atoms with Gasteiger partial charge in [-0.15, -0.1) is 0 Å². The number of primary amides is 1. The van der Waals surface area contributed by atoms with Gasteiger partial charge in [-0.05, 0) is 36.1 Å². The van der Waals surface area contributed by atoms with Gasteiger partial charge in [0.2, 0.25) is 0 Å². The van der Waals surface area contributed by atoms with Crippen LogP contribution in [-0.2, 0) is 6.18 Å². The van der Waals surface area contributed by atoms with Crippen LogP contribution in [0.2, 0.25) is 0 Å². The summed E-state index contributed by atoms with van der Waals surface area (Å²) in [5.74, 6) is -1.18. The summed E-state index contributed by atoms with van der Waals surface area (Å²) in [5, 5.41) is 0.00579. The number of hydrogen-bond acceptors (Lipinski definition) is 3. The molecule has 0 saturated carbocycles. The van der Waals surface area contributed by atoms with E-state index in [9.17, 15) is 22.8 Å². The van der Waals surface area contributed by atoms with E-state index in [4.69, 9.17) is 5.73 Å². The number of H-pyrrole nitrogens is 1. The highest BCUT2D eigenvalue weighted by molar-refractivity contribution is 6.03. The number of aromatic nitrogens is 2. The van der Waals surface area contributed by atoms with Crippen LogP contribution in [0.1, 0.15) is 46.9 Å². The predicted octanol–water partition coefficient (Wildman–Crippen LogP) is 4.14. The summed E-state index contributed by atoms with van der Waals surface area (Å²) in [5.41, 5.74) is 5.31. The quantitative estimate of drug-likeness (QED) is 0.706. The summed E-state index contributed by atoms with van der Waals surface area (Å²) in [7, 11) is 0. The van der Waals surface area contributed by atoms with Gasteiger partial charge in [0.15, 0.2) is 5.43 Å². The van der Waals surface area contributed by atoms with Crippen molar-refractivity contribution in [1.82, 2.24) is 9.97 Å². The third-order valence-electron chi connectivity index (χ3n) is 4.59. The number of carbonyl (C=O) groups excluding carboxylic acids is 1. The summed E-state index contributed by atoms with van der Waals surface area (Å²) in [6.07, 6.45) is -3.22. The minimum absolute atomic E-state index is 0.00579. The predicted molar refractivity (Wildman–Crippen MR) is 100 cm³/mol. The number of nitrogens with zero attached hydrogens (tertiary/aromatic N) is 1. The molecule has 146 valence electrons. The Morgan fingerprint density at radius 2 is 1.89 bits per heavy atom. The molecule has 0 atom stereocenters. The highest BCUT2D eigenvalue weighted by Gasteiger charge is 2.35. The van der Waals surface area contributed by atoms with E-state index in [1.807, 2.05) is 0 Å². The van der Waals surface area contributed by atoms with Crippen molar-refractivity contribution in [3.8, 4) is 11.3 Å². The first kappa shape index (κ1) is 19.6. The summed E-state index contributed by atoms with van der Waals surface area (Å²) in [6, 6.07) is 5.17. The standard InChI is InChI=1S/C20H18F3N3O2/c1-9(2)11-6-10(3)12(7-13(11)20(21,22)23)15-8-16(27)17-14(26-15)4-5-25-18(17)19(24)28/h4-9H,1-3H3,(H2,24,28)(H,26,27). The summed E-state index contributed by atoms with van der Waals surface area (Å²) >= 11 is 0. The third kappa shape index (κ3) is 3.37. The fourth-order valence-electron chi connectivity index (χ4n) is 3.28. The molecule has 0 fully saturated rings. The van der Waals surface area contributed by atoms with E-state index in [0.717, 1.165) is 12.1 Å². The van der Waals surface area contributed by atoms with Crippen molar-refractivity contribution >= 4 is 16.8 Å².